The van der Waals surface area contributed by atoms with Gasteiger partial charge in [-0.3, -0.25) is 9.59 Å². The van der Waals surface area contributed by atoms with Crippen LogP contribution in [-0.4, -0.2) is 18.4 Å². The Balaban J connectivity index is 1.52. The van der Waals surface area contributed by atoms with E-state index in [4.69, 9.17) is 4.74 Å². The molecule has 0 spiro atoms. The Morgan fingerprint density at radius 2 is 1.92 bits per heavy atom. The summed E-state index contributed by atoms with van der Waals surface area (Å²) in [5.41, 5.74) is 3.78. The molecule has 0 bridgehead atoms. The summed E-state index contributed by atoms with van der Waals surface area (Å²) in [4.78, 5) is 23.4. The van der Waals surface area contributed by atoms with E-state index >= 15 is 0 Å². The van der Waals surface area contributed by atoms with Gasteiger partial charge in [0.05, 0.1) is 19.4 Å². The maximum Gasteiger partial charge on any atom is 0.228 e. The van der Waals surface area contributed by atoms with E-state index in [0.29, 0.717) is 26.0 Å². The van der Waals surface area contributed by atoms with Crippen molar-refractivity contribution in [1.29, 1.82) is 0 Å². The summed E-state index contributed by atoms with van der Waals surface area (Å²) in [6.07, 6.45) is 0.737. The molecular weight excluding hydrogens is 304 g/mol. The number of hydrogen-bond donors (Lipinski definition) is 2. The summed E-state index contributed by atoms with van der Waals surface area (Å²) >= 11 is 0. The first-order chi connectivity index (χ1) is 11.6. The highest BCUT2D eigenvalue weighted by Crippen LogP contribution is 2.23. The van der Waals surface area contributed by atoms with Gasteiger partial charge in [-0.15, -0.1) is 0 Å². The Kier molecular flexibility index (Phi) is 4.79. The fraction of sp³-hybridized carbons (Fsp3) is 0.263. The number of carbonyl (C=O) groups excluding carboxylic acids is 2. The summed E-state index contributed by atoms with van der Waals surface area (Å²) in [5.74, 6) is 0.790. The van der Waals surface area contributed by atoms with Gasteiger partial charge in [0.15, 0.2) is 0 Å². The first-order valence-corrected chi connectivity index (χ1v) is 8.04. The molecule has 0 radical (unpaired) electrons. The van der Waals surface area contributed by atoms with Crippen LogP contribution in [-0.2, 0) is 29.0 Å². The lowest BCUT2D eigenvalue weighted by atomic mass is 10.1. The third-order valence-electron chi connectivity index (χ3n) is 3.88. The molecule has 0 aromatic heterocycles. The molecule has 1 aliphatic heterocycles. The molecule has 24 heavy (non-hydrogen) atoms. The summed E-state index contributed by atoms with van der Waals surface area (Å²) in [7, 11) is 0. The minimum atomic E-state index is -0.0335. The summed E-state index contributed by atoms with van der Waals surface area (Å²) in [6.45, 7) is 3.02. The highest BCUT2D eigenvalue weighted by atomic mass is 16.5. The number of ether oxygens (including phenoxy) is 1. The van der Waals surface area contributed by atoms with Crippen LogP contribution < -0.4 is 15.4 Å². The molecule has 5 nitrogen and oxygen atoms in total. The van der Waals surface area contributed by atoms with Gasteiger partial charge in [-0.25, -0.2) is 0 Å². The number of hydrogen-bond acceptors (Lipinski definition) is 3. The quantitative estimate of drug-likeness (QED) is 0.857. The van der Waals surface area contributed by atoms with Crippen molar-refractivity contribution >= 4 is 17.5 Å². The number of fused-ring (bicyclic) bond motifs is 1. The molecule has 124 valence electrons. The van der Waals surface area contributed by atoms with E-state index in [9.17, 15) is 9.59 Å². The second-order valence-corrected chi connectivity index (χ2v) is 5.75. The number of anilines is 1. The molecule has 0 saturated carbocycles. The van der Waals surface area contributed by atoms with Gasteiger partial charge in [0.1, 0.15) is 5.75 Å². The van der Waals surface area contributed by atoms with Crippen molar-refractivity contribution in [3.05, 3.63) is 59.2 Å². The summed E-state index contributed by atoms with van der Waals surface area (Å²) in [5, 5.41) is 5.71. The van der Waals surface area contributed by atoms with Gasteiger partial charge in [0, 0.05) is 12.2 Å². The smallest absolute Gasteiger partial charge is 0.228 e. The summed E-state index contributed by atoms with van der Waals surface area (Å²) < 4.78 is 5.39. The van der Waals surface area contributed by atoms with E-state index in [-0.39, 0.29) is 11.8 Å². The van der Waals surface area contributed by atoms with Crippen LogP contribution in [0.2, 0.25) is 0 Å². The van der Waals surface area contributed by atoms with Gasteiger partial charge >= 0.3 is 0 Å². The number of nitrogens with one attached hydrogen (secondary N) is 2. The van der Waals surface area contributed by atoms with Crippen LogP contribution in [0, 0.1) is 0 Å². The van der Waals surface area contributed by atoms with E-state index in [1.807, 2.05) is 49.4 Å². The van der Waals surface area contributed by atoms with Gasteiger partial charge in [0.25, 0.3) is 0 Å². The standard InChI is InChI=1S/C19H20N2O3/c1-2-24-16-6-3-13(4-7-16)10-18(22)20-12-14-5-8-17-15(9-14)11-19(23)21-17/h3-9H,2,10-12H2,1H3,(H,20,22)(H,21,23). The molecule has 2 N–H and O–H groups in total. The largest absolute Gasteiger partial charge is 0.494 e. The minimum absolute atomic E-state index is 0.0154. The molecule has 0 aliphatic carbocycles. The zero-order chi connectivity index (χ0) is 16.9. The molecule has 1 aliphatic rings. The van der Waals surface area contributed by atoms with E-state index in [1.165, 1.54) is 0 Å². The molecule has 0 atom stereocenters. The van der Waals surface area contributed by atoms with Crippen molar-refractivity contribution < 1.29 is 14.3 Å². The first-order valence-electron chi connectivity index (χ1n) is 8.04. The number of rotatable bonds is 6. The van der Waals surface area contributed by atoms with Crippen LogP contribution in [0.1, 0.15) is 23.6 Å². The molecule has 2 aromatic carbocycles. The molecule has 0 unspecified atom stereocenters. The lowest BCUT2D eigenvalue weighted by molar-refractivity contribution is -0.120. The maximum absolute atomic E-state index is 12.1. The third-order valence-corrected chi connectivity index (χ3v) is 3.88. The van der Waals surface area contributed by atoms with Crippen LogP contribution >= 0.6 is 0 Å². The van der Waals surface area contributed by atoms with Gasteiger partial charge in [-0.05, 0) is 41.8 Å². The Labute approximate surface area is 141 Å². The van der Waals surface area contributed by atoms with Crippen LogP contribution in [0.25, 0.3) is 0 Å². The van der Waals surface area contributed by atoms with Crippen LogP contribution in [0.15, 0.2) is 42.5 Å². The predicted octanol–water partition coefficient (Wildman–Crippen LogP) is 2.44. The number of amides is 2. The molecule has 0 saturated heterocycles. The molecule has 0 fully saturated rings. The first kappa shape index (κ1) is 16.1. The highest BCUT2D eigenvalue weighted by Gasteiger charge is 2.17. The van der Waals surface area contributed by atoms with E-state index in [1.54, 1.807) is 0 Å². The molecular formula is C19H20N2O3. The van der Waals surface area contributed by atoms with E-state index in [2.05, 4.69) is 10.6 Å². The average Bonchev–Trinajstić information content (AvgIpc) is 2.94. The normalized spacial score (nSPS) is 12.5. The van der Waals surface area contributed by atoms with E-state index < -0.39 is 0 Å². The van der Waals surface area contributed by atoms with Crippen molar-refractivity contribution in [2.45, 2.75) is 26.3 Å². The monoisotopic (exact) mass is 324 g/mol. The fourth-order valence-electron chi connectivity index (χ4n) is 2.71. The second kappa shape index (κ2) is 7.17. The minimum Gasteiger partial charge on any atom is -0.494 e. The van der Waals surface area contributed by atoms with E-state index in [0.717, 1.165) is 28.1 Å². The van der Waals surface area contributed by atoms with Gasteiger partial charge in [-0.1, -0.05) is 24.3 Å². The predicted molar refractivity (Wildman–Crippen MR) is 91.9 cm³/mol. The molecule has 3 rings (SSSR count). The Morgan fingerprint density at radius 1 is 1.17 bits per heavy atom. The maximum atomic E-state index is 12.1. The fourth-order valence-corrected chi connectivity index (χ4v) is 2.71. The Hall–Kier alpha value is -2.82. The van der Waals surface area contributed by atoms with Gasteiger partial charge < -0.3 is 15.4 Å². The van der Waals surface area contributed by atoms with Gasteiger partial charge in [0.2, 0.25) is 11.8 Å². The van der Waals surface area contributed by atoms with Crippen molar-refractivity contribution in [1.82, 2.24) is 5.32 Å². The van der Waals surface area contributed by atoms with Crippen molar-refractivity contribution in [2.75, 3.05) is 11.9 Å². The second-order valence-electron chi connectivity index (χ2n) is 5.75. The zero-order valence-corrected chi connectivity index (χ0v) is 13.6. The molecule has 2 amide bonds. The average molecular weight is 324 g/mol. The highest BCUT2D eigenvalue weighted by molar-refractivity contribution is 5.99. The number of carbonyl (C=O) groups is 2. The van der Waals surface area contributed by atoms with Crippen LogP contribution in [0.4, 0.5) is 5.69 Å². The molecule has 1 heterocycles. The lowest BCUT2D eigenvalue weighted by Crippen LogP contribution is -2.24. The lowest BCUT2D eigenvalue weighted by Gasteiger charge is -2.08. The topological polar surface area (TPSA) is 67.4 Å². The molecule has 2 aromatic rings. The van der Waals surface area contributed by atoms with Gasteiger partial charge in [-0.2, -0.15) is 0 Å². The molecule has 5 heteroatoms. The SMILES string of the molecule is CCOc1ccc(CC(=O)NCc2ccc3c(c2)CC(=O)N3)cc1. The van der Waals surface area contributed by atoms with Crippen molar-refractivity contribution in [3.63, 3.8) is 0 Å². The number of benzene rings is 2. The Morgan fingerprint density at radius 3 is 2.67 bits per heavy atom. The van der Waals surface area contributed by atoms with Crippen molar-refractivity contribution in [3.8, 4) is 5.75 Å². The Bertz CT molecular complexity index is 754. The third kappa shape index (κ3) is 3.93. The summed E-state index contributed by atoms with van der Waals surface area (Å²) in [6, 6.07) is 13.3. The van der Waals surface area contributed by atoms with Crippen LogP contribution in [0.3, 0.4) is 0 Å². The van der Waals surface area contributed by atoms with Crippen molar-refractivity contribution in [2.24, 2.45) is 0 Å². The zero-order valence-electron chi connectivity index (χ0n) is 13.6. The van der Waals surface area contributed by atoms with Crippen LogP contribution in [0.5, 0.6) is 5.75 Å².